The topological polar surface area (TPSA) is 96.0 Å². The van der Waals surface area contributed by atoms with Gasteiger partial charge in [-0.2, -0.15) is 0 Å². The van der Waals surface area contributed by atoms with Crippen molar-refractivity contribution in [3.8, 4) is 5.75 Å². The molecule has 0 fully saturated rings. The number of benzene rings is 1. The molecule has 1 rings (SSSR count). The Morgan fingerprint density at radius 2 is 1.86 bits per heavy atom. The van der Waals surface area contributed by atoms with E-state index in [4.69, 9.17) is 4.74 Å². The lowest BCUT2D eigenvalue weighted by atomic mass is 10.2. The van der Waals surface area contributed by atoms with E-state index in [1.807, 2.05) is 0 Å². The van der Waals surface area contributed by atoms with Crippen molar-refractivity contribution in [2.24, 2.45) is 0 Å². The molecule has 0 N–H and O–H groups in total. The maximum Gasteiger partial charge on any atom is 0.349 e. The average molecular weight is 371 g/mol. The van der Waals surface area contributed by atoms with E-state index in [0.29, 0.717) is 16.3 Å². The highest BCUT2D eigenvalue weighted by molar-refractivity contribution is 9.10. The maximum atomic E-state index is 11.5. The average Bonchev–Trinajstić information content (AvgIpc) is 2.52. The Hall–Kier alpha value is -2.48. The van der Waals surface area contributed by atoms with E-state index >= 15 is 0 Å². The first kappa shape index (κ1) is 17.6. The number of ether oxygens (including phenoxy) is 3. The lowest BCUT2D eigenvalue weighted by molar-refractivity contribution is -0.150. The summed E-state index contributed by atoms with van der Waals surface area (Å²) in [4.78, 5) is 44.2. The molecule has 0 bridgehead atoms. The highest BCUT2D eigenvalue weighted by Crippen LogP contribution is 2.21. The second kappa shape index (κ2) is 8.73. The number of rotatable bonds is 6. The third-order valence-electron chi connectivity index (χ3n) is 2.22. The third-order valence-corrected chi connectivity index (χ3v) is 2.94. The third kappa shape index (κ3) is 5.88. The first-order valence-electron chi connectivity index (χ1n) is 5.84. The van der Waals surface area contributed by atoms with Crippen LogP contribution in [0.3, 0.4) is 0 Å². The molecule has 0 aliphatic carbocycles. The number of hydrogen-bond acceptors (Lipinski definition) is 7. The molecule has 0 saturated heterocycles. The van der Waals surface area contributed by atoms with Gasteiger partial charge in [-0.3, -0.25) is 4.79 Å². The second-order valence-electron chi connectivity index (χ2n) is 3.74. The van der Waals surface area contributed by atoms with Gasteiger partial charge in [-0.05, 0) is 18.2 Å². The van der Waals surface area contributed by atoms with Gasteiger partial charge in [0.25, 0.3) is 0 Å². The van der Waals surface area contributed by atoms with Crippen LogP contribution >= 0.6 is 15.9 Å². The summed E-state index contributed by atoms with van der Waals surface area (Å²) in [6.45, 7) is -0.642. The molecular formula is C14H11BrO7. The largest absolute Gasteiger partial charge is 0.466 e. The van der Waals surface area contributed by atoms with Gasteiger partial charge in [0.1, 0.15) is 5.75 Å². The molecule has 7 nitrogen and oxygen atoms in total. The molecule has 22 heavy (non-hydrogen) atoms. The summed E-state index contributed by atoms with van der Waals surface area (Å²) in [5, 5.41) is 0. The Bertz CT molecular complexity index is 622. The summed E-state index contributed by atoms with van der Waals surface area (Å²) in [6.07, 6.45) is 2.28. The smallest absolute Gasteiger partial charge is 0.349 e. The molecule has 116 valence electrons. The normalized spacial score (nSPS) is 10.1. The number of hydrogen-bond donors (Lipinski definition) is 0. The Morgan fingerprint density at radius 3 is 2.50 bits per heavy atom. The van der Waals surface area contributed by atoms with Crippen molar-refractivity contribution in [2.75, 3.05) is 13.7 Å². The summed E-state index contributed by atoms with van der Waals surface area (Å²) in [5.74, 6) is -2.32. The Balaban J connectivity index is 2.50. The van der Waals surface area contributed by atoms with Crippen molar-refractivity contribution in [3.63, 3.8) is 0 Å². The molecule has 0 atom stereocenters. The van der Waals surface area contributed by atoms with E-state index in [-0.39, 0.29) is 5.75 Å². The van der Waals surface area contributed by atoms with Crippen LogP contribution in [0.4, 0.5) is 0 Å². The SMILES string of the molecule is COC(=O)/C=C\C(=O)OCC(=O)Oc1ccc(Br)c(C=O)c1. The van der Waals surface area contributed by atoms with Crippen molar-refractivity contribution in [2.45, 2.75) is 0 Å². The molecule has 0 aromatic heterocycles. The molecule has 0 spiro atoms. The number of methoxy groups -OCH3 is 1. The highest BCUT2D eigenvalue weighted by atomic mass is 79.9. The quantitative estimate of drug-likeness (QED) is 0.323. The Kier molecular flexibility index (Phi) is 6.97. The van der Waals surface area contributed by atoms with Crippen molar-refractivity contribution in [1.82, 2.24) is 0 Å². The monoisotopic (exact) mass is 370 g/mol. The van der Waals surface area contributed by atoms with Gasteiger partial charge >= 0.3 is 17.9 Å². The molecule has 8 heteroatoms. The van der Waals surface area contributed by atoms with Crippen molar-refractivity contribution >= 4 is 40.1 Å². The first-order valence-corrected chi connectivity index (χ1v) is 6.63. The van der Waals surface area contributed by atoms with E-state index < -0.39 is 24.5 Å². The van der Waals surface area contributed by atoms with Gasteiger partial charge in [-0.25, -0.2) is 14.4 Å². The fourth-order valence-corrected chi connectivity index (χ4v) is 1.56. The number of aldehydes is 1. The zero-order valence-electron chi connectivity index (χ0n) is 11.4. The Morgan fingerprint density at radius 1 is 1.18 bits per heavy atom. The van der Waals surface area contributed by atoms with Crippen molar-refractivity contribution < 1.29 is 33.4 Å². The van der Waals surface area contributed by atoms with Gasteiger partial charge in [0.15, 0.2) is 12.9 Å². The predicted molar refractivity (Wildman–Crippen MR) is 77.3 cm³/mol. The summed E-state index contributed by atoms with van der Waals surface area (Å²) >= 11 is 3.15. The van der Waals surface area contributed by atoms with E-state index in [1.54, 1.807) is 0 Å². The molecule has 1 aromatic carbocycles. The molecule has 0 heterocycles. The van der Waals surface area contributed by atoms with Crippen LogP contribution in [0.1, 0.15) is 10.4 Å². The lowest BCUT2D eigenvalue weighted by Crippen LogP contribution is -2.18. The first-order chi connectivity index (χ1) is 10.5. The van der Waals surface area contributed by atoms with E-state index in [0.717, 1.165) is 19.3 Å². The number of halogens is 1. The van der Waals surface area contributed by atoms with Gasteiger partial charge in [0, 0.05) is 22.2 Å². The highest BCUT2D eigenvalue weighted by Gasteiger charge is 2.10. The van der Waals surface area contributed by atoms with Gasteiger partial charge in [0.05, 0.1) is 7.11 Å². The fourth-order valence-electron chi connectivity index (χ4n) is 1.22. The van der Waals surface area contributed by atoms with Crippen LogP contribution < -0.4 is 4.74 Å². The van der Waals surface area contributed by atoms with Gasteiger partial charge in [0.2, 0.25) is 0 Å². The molecule has 0 unspecified atom stereocenters. The van der Waals surface area contributed by atoms with Crippen LogP contribution in [0, 0.1) is 0 Å². The molecule has 0 aliphatic rings. The minimum absolute atomic E-state index is 0.136. The minimum Gasteiger partial charge on any atom is -0.466 e. The van der Waals surface area contributed by atoms with Crippen LogP contribution in [0.25, 0.3) is 0 Å². The van der Waals surface area contributed by atoms with Gasteiger partial charge in [-0.1, -0.05) is 15.9 Å². The summed E-state index contributed by atoms with van der Waals surface area (Å²) < 4.78 is 14.3. The summed E-state index contributed by atoms with van der Waals surface area (Å²) in [7, 11) is 1.15. The number of carbonyl (C=O) groups is 4. The van der Waals surface area contributed by atoms with Crippen molar-refractivity contribution in [3.05, 3.63) is 40.4 Å². The molecule has 1 aromatic rings. The van der Waals surface area contributed by atoms with Crippen LogP contribution in [-0.4, -0.2) is 37.9 Å². The zero-order valence-corrected chi connectivity index (χ0v) is 13.0. The molecule has 0 aliphatic heterocycles. The number of esters is 3. The zero-order chi connectivity index (χ0) is 16.5. The second-order valence-corrected chi connectivity index (χ2v) is 4.59. The number of carbonyl (C=O) groups excluding carboxylic acids is 4. The lowest BCUT2D eigenvalue weighted by Gasteiger charge is -2.05. The maximum absolute atomic E-state index is 11.5. The van der Waals surface area contributed by atoms with Gasteiger partial charge < -0.3 is 14.2 Å². The molecule has 0 saturated carbocycles. The standard InChI is InChI=1S/C14H11BrO7/c1-20-12(17)4-5-13(18)21-8-14(19)22-10-2-3-11(15)9(6-10)7-16/h2-7H,8H2,1H3/b5-4-. The molecule has 0 radical (unpaired) electrons. The van der Waals surface area contributed by atoms with Crippen LogP contribution in [-0.2, 0) is 23.9 Å². The Labute approximate surface area is 134 Å². The fraction of sp³-hybridized carbons (Fsp3) is 0.143. The van der Waals surface area contributed by atoms with Gasteiger partial charge in [-0.15, -0.1) is 0 Å². The van der Waals surface area contributed by atoms with E-state index in [1.165, 1.54) is 18.2 Å². The predicted octanol–water partition coefficient (Wildman–Crippen LogP) is 1.44. The summed E-state index contributed by atoms with van der Waals surface area (Å²) in [5.41, 5.74) is 0.309. The van der Waals surface area contributed by atoms with Crippen LogP contribution in [0.15, 0.2) is 34.8 Å². The summed E-state index contributed by atoms with van der Waals surface area (Å²) in [6, 6.07) is 4.36. The van der Waals surface area contributed by atoms with E-state index in [2.05, 4.69) is 25.4 Å². The molecule has 0 amide bonds. The van der Waals surface area contributed by atoms with Crippen LogP contribution in [0.5, 0.6) is 5.75 Å². The van der Waals surface area contributed by atoms with Crippen LogP contribution in [0.2, 0.25) is 0 Å². The molecular weight excluding hydrogens is 360 g/mol. The van der Waals surface area contributed by atoms with Crippen molar-refractivity contribution in [1.29, 1.82) is 0 Å². The minimum atomic E-state index is -0.897. The van der Waals surface area contributed by atoms with E-state index in [9.17, 15) is 19.2 Å².